The Labute approximate surface area is 427 Å². The number of para-hydroxylation sites is 2. The molecule has 0 aliphatic heterocycles. The summed E-state index contributed by atoms with van der Waals surface area (Å²) < 4.78 is 49.7. The number of fused-ring (bicyclic) bond motifs is 4. The maximum absolute atomic E-state index is 9.03. The van der Waals surface area contributed by atoms with E-state index < -0.39 is 21.3 Å². The van der Waals surface area contributed by atoms with Crippen molar-refractivity contribution >= 4 is 46.2 Å². The van der Waals surface area contributed by atoms with Crippen LogP contribution in [0.1, 0.15) is 117 Å². The molecule has 0 bridgehead atoms. The van der Waals surface area contributed by atoms with E-state index in [4.69, 9.17) is 16.3 Å². The minimum absolute atomic E-state index is 0. The van der Waals surface area contributed by atoms with E-state index in [1.54, 1.807) is 12.1 Å². The molecule has 1 aliphatic carbocycles. The van der Waals surface area contributed by atoms with Gasteiger partial charge in [0.2, 0.25) is 0 Å². The topological polar surface area (TPSA) is 43.9 Å². The number of nitrogens with zero attached hydrogens (tertiary/aromatic N) is 3. The first-order valence-corrected chi connectivity index (χ1v) is 27.7. The van der Waals surface area contributed by atoms with Crippen molar-refractivity contribution in [3.8, 4) is 39.5 Å². The third-order valence-corrected chi connectivity index (χ3v) is 15.5. The van der Waals surface area contributed by atoms with Gasteiger partial charge in [0, 0.05) is 44.2 Å². The second kappa shape index (κ2) is 20.3. The summed E-state index contributed by atoms with van der Waals surface area (Å²) in [6.07, 6.45) is 5.68. The molecule has 3 heterocycles. The molecule has 3 aromatic heterocycles. The van der Waals surface area contributed by atoms with E-state index in [0.717, 1.165) is 81.0 Å². The predicted molar refractivity (Wildman–Crippen MR) is 287 cm³/mol. The van der Waals surface area contributed by atoms with Gasteiger partial charge in [-0.1, -0.05) is 164 Å². The molecular weight excluding hydrogens is 1020 g/mol. The number of furan rings is 1. The number of benzene rings is 6. The Kier molecular flexibility index (Phi) is 12.7. The number of aromatic nitrogens is 3. The van der Waals surface area contributed by atoms with Crippen LogP contribution in [0.4, 0.5) is 0 Å². The first-order valence-electron chi connectivity index (χ1n) is 26.7. The van der Waals surface area contributed by atoms with Crippen LogP contribution in [0.5, 0.6) is 0 Å². The summed E-state index contributed by atoms with van der Waals surface area (Å²) in [6.45, 7) is 20.1. The van der Waals surface area contributed by atoms with E-state index in [9.17, 15) is 0 Å². The van der Waals surface area contributed by atoms with Crippen LogP contribution in [0.2, 0.25) is 19.6 Å². The van der Waals surface area contributed by atoms with E-state index in [1.807, 2.05) is 12.3 Å². The molecule has 6 aromatic carbocycles. The number of imidazole rings is 1. The maximum atomic E-state index is 9.03. The van der Waals surface area contributed by atoms with Crippen LogP contribution < -0.4 is 5.19 Å². The summed E-state index contributed by atoms with van der Waals surface area (Å²) in [5.74, 6) is 1.48. The quantitative estimate of drug-likeness (QED) is 0.107. The van der Waals surface area contributed by atoms with Crippen LogP contribution in [0.15, 0.2) is 120 Å². The van der Waals surface area contributed by atoms with Gasteiger partial charge in [-0.3, -0.25) is 4.98 Å². The zero-order valence-corrected chi connectivity index (χ0v) is 44.7. The monoisotopic (exact) mass is 1100 g/mol. The van der Waals surface area contributed by atoms with Gasteiger partial charge in [0.15, 0.2) is 0 Å². The summed E-state index contributed by atoms with van der Waals surface area (Å²) in [5, 5.41) is 3.39. The maximum Gasteiger partial charge on any atom is 0.121 e. The number of hydrogen-bond acceptors (Lipinski definition) is 3. The summed E-state index contributed by atoms with van der Waals surface area (Å²) in [5.41, 5.74) is 16.9. The van der Waals surface area contributed by atoms with Crippen LogP contribution in [0.25, 0.3) is 72.4 Å². The van der Waals surface area contributed by atoms with Gasteiger partial charge in [-0.25, -0.2) is 0 Å². The molecule has 0 unspecified atom stereocenters. The van der Waals surface area contributed by atoms with Crippen molar-refractivity contribution < 1.29 is 31.4 Å². The van der Waals surface area contributed by atoms with Crippen molar-refractivity contribution in [3.63, 3.8) is 0 Å². The molecule has 1 fully saturated rings. The van der Waals surface area contributed by atoms with Gasteiger partial charge in [0.25, 0.3) is 0 Å². The van der Waals surface area contributed by atoms with Gasteiger partial charge in [-0.05, 0) is 113 Å². The molecule has 1 radical (unpaired) electrons. The largest absolute Gasteiger partial charge is 0.501 e. The molecule has 68 heavy (non-hydrogen) atoms. The Bertz CT molecular complexity index is 3410. The van der Waals surface area contributed by atoms with Crippen LogP contribution >= 0.6 is 0 Å². The van der Waals surface area contributed by atoms with Crippen LogP contribution in [-0.2, 0) is 26.5 Å². The molecule has 0 atom stereocenters. The van der Waals surface area contributed by atoms with Crippen molar-refractivity contribution in [2.24, 2.45) is 5.92 Å². The average molecular weight is 1100 g/mol. The van der Waals surface area contributed by atoms with E-state index in [0.29, 0.717) is 23.1 Å². The Hall–Kier alpha value is -5.39. The molecule has 351 valence electrons. The molecule has 1 aliphatic rings. The summed E-state index contributed by atoms with van der Waals surface area (Å²) in [4.78, 5) is 9.93. The first kappa shape index (κ1) is 42.7. The normalized spacial score (nSPS) is 14.9. The van der Waals surface area contributed by atoms with E-state index >= 15 is 0 Å². The van der Waals surface area contributed by atoms with Crippen molar-refractivity contribution in [1.82, 2.24) is 14.5 Å². The van der Waals surface area contributed by atoms with Crippen molar-refractivity contribution in [1.29, 1.82) is 0 Å². The zero-order chi connectivity index (χ0) is 51.4. The Morgan fingerprint density at radius 3 is 2.13 bits per heavy atom. The smallest absolute Gasteiger partial charge is 0.121 e. The molecule has 0 N–H and O–H groups in total. The zero-order valence-electron chi connectivity index (χ0n) is 46.3. The number of aryl methyl sites for hydroxylation is 4. The van der Waals surface area contributed by atoms with Gasteiger partial charge < -0.3 is 14.0 Å². The van der Waals surface area contributed by atoms with E-state index in [2.05, 4.69) is 175 Å². The molecular formula is C62H67IrN3OSi-2. The molecule has 6 heteroatoms. The number of pyridine rings is 1. The summed E-state index contributed by atoms with van der Waals surface area (Å²) in [7, 11) is -1.80. The van der Waals surface area contributed by atoms with Gasteiger partial charge in [0.05, 0.1) is 30.5 Å². The average Bonchev–Trinajstić information content (AvgIpc) is 3.93. The molecule has 10 rings (SSSR count). The van der Waals surface area contributed by atoms with E-state index in [1.165, 1.54) is 56.9 Å². The third kappa shape index (κ3) is 9.88. The van der Waals surface area contributed by atoms with E-state index in [-0.39, 0.29) is 31.6 Å². The molecule has 1 saturated carbocycles. The second-order valence-electron chi connectivity index (χ2n) is 20.4. The second-order valence-corrected chi connectivity index (χ2v) is 25.4. The fourth-order valence-electron chi connectivity index (χ4n) is 10.0. The van der Waals surface area contributed by atoms with Crippen LogP contribution in [0, 0.1) is 45.7 Å². The molecule has 0 spiro atoms. The minimum atomic E-state index is -2.16. The van der Waals surface area contributed by atoms with Gasteiger partial charge in [-0.15, -0.1) is 53.1 Å². The van der Waals surface area contributed by atoms with Gasteiger partial charge >= 0.3 is 0 Å². The molecule has 0 amide bonds. The van der Waals surface area contributed by atoms with Crippen molar-refractivity contribution in [3.05, 3.63) is 166 Å². The molecule has 9 aromatic rings. The molecule has 4 nitrogen and oxygen atoms in total. The fraction of sp³-hybridized carbons (Fsp3) is 0.323. The van der Waals surface area contributed by atoms with Gasteiger partial charge in [0.1, 0.15) is 5.58 Å². The first-order chi connectivity index (χ1) is 34.1. The van der Waals surface area contributed by atoms with Gasteiger partial charge in [-0.2, -0.15) is 0 Å². The third-order valence-electron chi connectivity index (χ3n) is 13.5. The Balaban J connectivity index is 0.000000208. The number of rotatable bonds is 9. The Morgan fingerprint density at radius 2 is 1.47 bits per heavy atom. The standard InChI is InChI=1S/C40H37N2O.C22H30NSi.Ir/c1-23(2)31-21-29(28-13-9-8-10-14-28)22-32(24(3)4)38(31)42-34-16-12-11-15-33(34)41-40(42)30-18-17-26(6)37-36-27(7)19-25(5)20-35(36)43-39(30)37;1-17-10-12-19(13-11-17)21-15-20(14-18-8-6-5-7-9-18)22(16-23-21)24(2,3)4;/h8-17,19-24H,1-7H3;10-12,15-16,18H,5-9,14H2,1-4H3;/q2*-1;/i;1D3,14D2;. The summed E-state index contributed by atoms with van der Waals surface area (Å²) >= 11 is 0. The van der Waals surface area contributed by atoms with Crippen molar-refractivity contribution in [2.75, 3.05) is 0 Å². The SMILES string of the molecule is Cc1cc(C)c2c(c1)oc1c(-c3nc4ccccc4n3-c3c(C(C)C)cc(-c4ccccc4)cc3C(C)C)[c-]cc(C)c12.[2H]C([2H])([2H])c1c[c-]c(-c2cc(C([2H])([2H])C3CCCCC3)c([Si](C)(C)C)cn2)cc1.[Ir]. The fourth-order valence-corrected chi connectivity index (χ4v) is 11.5. The molecule has 0 saturated heterocycles. The Morgan fingerprint density at radius 1 is 0.765 bits per heavy atom. The predicted octanol–water partition coefficient (Wildman–Crippen LogP) is 16.8. The minimum Gasteiger partial charge on any atom is -0.501 e. The van der Waals surface area contributed by atoms with Crippen LogP contribution in [0.3, 0.4) is 0 Å². The number of hydrogen-bond donors (Lipinski definition) is 0. The van der Waals surface area contributed by atoms with Crippen molar-refractivity contribution in [2.45, 2.75) is 125 Å². The van der Waals surface area contributed by atoms with Crippen LogP contribution in [-0.4, -0.2) is 22.6 Å². The summed E-state index contributed by atoms with van der Waals surface area (Å²) in [6, 6.07) is 43.7.